The van der Waals surface area contributed by atoms with Crippen molar-refractivity contribution in [3.63, 3.8) is 0 Å². The molecule has 13 heavy (non-hydrogen) atoms. The van der Waals surface area contributed by atoms with Crippen LogP contribution in [0.5, 0.6) is 0 Å². The summed E-state index contributed by atoms with van der Waals surface area (Å²) in [5, 5.41) is 0.715. The van der Waals surface area contributed by atoms with Gasteiger partial charge in [0.1, 0.15) is 5.78 Å². The molecule has 1 rings (SSSR count). The Labute approximate surface area is 82.7 Å². The Morgan fingerprint density at radius 3 is 2.69 bits per heavy atom. The lowest BCUT2D eigenvalue weighted by atomic mass is 10.1. The third-order valence-electron chi connectivity index (χ3n) is 1.86. The Hall–Kier alpha value is -0.860. The maximum Gasteiger partial charge on any atom is 0.146 e. The van der Waals surface area contributed by atoms with E-state index in [4.69, 9.17) is 17.3 Å². The van der Waals surface area contributed by atoms with Crippen LogP contribution in [0, 0.1) is 0 Å². The summed E-state index contributed by atoms with van der Waals surface area (Å²) >= 11 is 5.91. The molecule has 1 aromatic carbocycles. The van der Waals surface area contributed by atoms with Crippen molar-refractivity contribution >= 4 is 17.4 Å². The van der Waals surface area contributed by atoms with E-state index in [1.807, 2.05) is 24.3 Å². The van der Waals surface area contributed by atoms with Gasteiger partial charge < -0.3 is 5.73 Å². The lowest BCUT2D eigenvalue weighted by Gasteiger charge is -2.01. The summed E-state index contributed by atoms with van der Waals surface area (Å²) in [6.07, 6.45) is 1.15. The van der Waals surface area contributed by atoms with Crippen LogP contribution in [0.2, 0.25) is 5.02 Å². The fourth-order valence-electron chi connectivity index (χ4n) is 1.08. The van der Waals surface area contributed by atoms with Crippen molar-refractivity contribution in [3.8, 4) is 0 Å². The molecule has 0 aliphatic carbocycles. The highest BCUT2D eigenvalue weighted by molar-refractivity contribution is 6.31. The van der Waals surface area contributed by atoms with E-state index in [2.05, 4.69) is 0 Å². The molecule has 0 saturated heterocycles. The minimum Gasteiger partial charge on any atom is -0.324 e. The summed E-state index contributed by atoms with van der Waals surface area (Å²) in [7, 11) is 0. The topological polar surface area (TPSA) is 43.1 Å². The predicted octanol–water partition coefficient (Wildman–Crippen LogP) is 1.80. The van der Waals surface area contributed by atoms with Crippen LogP contribution in [-0.2, 0) is 11.2 Å². The van der Waals surface area contributed by atoms with Crippen LogP contribution in [0.1, 0.15) is 12.0 Å². The number of benzene rings is 1. The molecule has 0 spiro atoms. The summed E-state index contributed by atoms with van der Waals surface area (Å²) in [4.78, 5) is 10.9. The molecule has 0 saturated carbocycles. The van der Waals surface area contributed by atoms with E-state index >= 15 is 0 Å². The molecule has 1 aromatic rings. The van der Waals surface area contributed by atoms with Gasteiger partial charge in [-0.3, -0.25) is 4.79 Å². The maximum absolute atomic E-state index is 10.9. The first-order valence-electron chi connectivity index (χ1n) is 4.19. The summed E-state index contributed by atoms with van der Waals surface area (Å²) in [6.45, 7) is 0.116. The Bertz CT molecular complexity index is 299. The first-order valence-corrected chi connectivity index (χ1v) is 4.57. The van der Waals surface area contributed by atoms with E-state index in [0.29, 0.717) is 17.9 Å². The van der Waals surface area contributed by atoms with Crippen LogP contribution in [0.4, 0.5) is 0 Å². The van der Waals surface area contributed by atoms with Gasteiger partial charge >= 0.3 is 0 Å². The zero-order chi connectivity index (χ0) is 9.68. The normalized spacial score (nSPS) is 10.0. The largest absolute Gasteiger partial charge is 0.324 e. The highest BCUT2D eigenvalue weighted by Crippen LogP contribution is 2.16. The molecule has 0 bridgehead atoms. The second kappa shape index (κ2) is 5.00. The highest BCUT2D eigenvalue weighted by atomic mass is 35.5. The van der Waals surface area contributed by atoms with Gasteiger partial charge in [-0.1, -0.05) is 29.8 Å². The number of hydrogen-bond donors (Lipinski definition) is 1. The molecule has 2 N–H and O–H groups in total. The van der Waals surface area contributed by atoms with Gasteiger partial charge in [0, 0.05) is 11.4 Å². The Morgan fingerprint density at radius 1 is 1.38 bits per heavy atom. The molecule has 0 aliphatic rings. The van der Waals surface area contributed by atoms with Crippen LogP contribution >= 0.6 is 11.6 Å². The quantitative estimate of drug-likeness (QED) is 0.800. The standard InChI is InChI=1S/C10H12ClNO/c11-10-4-2-1-3-8(10)5-6-9(13)7-12/h1-4H,5-7,12H2. The number of rotatable bonds is 4. The lowest BCUT2D eigenvalue weighted by Crippen LogP contribution is -2.13. The number of Topliss-reactive ketones (excluding diaryl/α,β-unsaturated/α-hetero) is 1. The number of halogens is 1. The second-order valence-electron chi connectivity index (χ2n) is 2.83. The molecule has 0 aromatic heterocycles. The molecule has 0 aliphatic heterocycles. The van der Waals surface area contributed by atoms with Crippen molar-refractivity contribution in [2.45, 2.75) is 12.8 Å². The Morgan fingerprint density at radius 2 is 2.08 bits per heavy atom. The van der Waals surface area contributed by atoms with Crippen LogP contribution in [-0.4, -0.2) is 12.3 Å². The third-order valence-corrected chi connectivity index (χ3v) is 2.23. The molecule has 0 fully saturated rings. The summed E-state index contributed by atoms with van der Waals surface area (Å²) < 4.78 is 0. The number of hydrogen-bond acceptors (Lipinski definition) is 2. The average molecular weight is 198 g/mol. The molecule has 0 radical (unpaired) electrons. The number of carbonyl (C=O) groups excluding carboxylic acids is 1. The highest BCUT2D eigenvalue weighted by Gasteiger charge is 2.02. The lowest BCUT2D eigenvalue weighted by molar-refractivity contribution is -0.117. The number of carbonyl (C=O) groups is 1. The van der Waals surface area contributed by atoms with Crippen LogP contribution < -0.4 is 5.73 Å². The minimum atomic E-state index is 0.0694. The van der Waals surface area contributed by atoms with Crippen molar-refractivity contribution in [1.82, 2.24) is 0 Å². The maximum atomic E-state index is 10.9. The van der Waals surface area contributed by atoms with Crippen LogP contribution in [0.25, 0.3) is 0 Å². The summed E-state index contributed by atoms with van der Waals surface area (Å²) in [5.74, 6) is 0.0694. The SMILES string of the molecule is NCC(=O)CCc1ccccc1Cl. The average Bonchev–Trinajstić information content (AvgIpc) is 2.16. The zero-order valence-electron chi connectivity index (χ0n) is 7.29. The number of aryl methyl sites for hydroxylation is 1. The first-order chi connectivity index (χ1) is 6.24. The van der Waals surface area contributed by atoms with Crippen molar-refractivity contribution in [1.29, 1.82) is 0 Å². The van der Waals surface area contributed by atoms with Crippen molar-refractivity contribution in [2.24, 2.45) is 5.73 Å². The van der Waals surface area contributed by atoms with E-state index < -0.39 is 0 Å². The van der Waals surface area contributed by atoms with Crippen molar-refractivity contribution in [2.75, 3.05) is 6.54 Å². The van der Waals surface area contributed by atoms with E-state index in [-0.39, 0.29) is 12.3 Å². The summed E-state index contributed by atoms with van der Waals surface area (Å²) in [5.41, 5.74) is 6.20. The second-order valence-corrected chi connectivity index (χ2v) is 3.24. The minimum absolute atomic E-state index is 0.0694. The van der Waals surface area contributed by atoms with Crippen molar-refractivity contribution < 1.29 is 4.79 Å². The summed E-state index contributed by atoms with van der Waals surface area (Å²) in [6, 6.07) is 7.53. The molecule has 2 nitrogen and oxygen atoms in total. The molecule has 0 amide bonds. The predicted molar refractivity (Wildman–Crippen MR) is 53.8 cm³/mol. The number of ketones is 1. The first kappa shape index (κ1) is 10.2. The van der Waals surface area contributed by atoms with E-state index in [1.165, 1.54) is 0 Å². The van der Waals surface area contributed by atoms with E-state index in [0.717, 1.165) is 5.56 Å². The van der Waals surface area contributed by atoms with Gasteiger partial charge in [-0.25, -0.2) is 0 Å². The Kier molecular flexibility index (Phi) is 3.93. The molecule has 70 valence electrons. The van der Waals surface area contributed by atoms with Gasteiger partial charge in [-0.05, 0) is 18.1 Å². The van der Waals surface area contributed by atoms with E-state index in [1.54, 1.807) is 0 Å². The number of nitrogens with two attached hydrogens (primary N) is 1. The molecule has 3 heteroatoms. The van der Waals surface area contributed by atoms with Gasteiger partial charge in [0.15, 0.2) is 0 Å². The van der Waals surface area contributed by atoms with Gasteiger partial charge in [0.2, 0.25) is 0 Å². The third kappa shape index (κ3) is 3.17. The molecule has 0 unspecified atom stereocenters. The molecule has 0 atom stereocenters. The monoisotopic (exact) mass is 197 g/mol. The van der Waals surface area contributed by atoms with Gasteiger partial charge in [0.25, 0.3) is 0 Å². The van der Waals surface area contributed by atoms with Gasteiger partial charge in [0.05, 0.1) is 6.54 Å². The molecule has 0 heterocycles. The fourth-order valence-corrected chi connectivity index (χ4v) is 1.31. The van der Waals surface area contributed by atoms with E-state index in [9.17, 15) is 4.79 Å². The van der Waals surface area contributed by atoms with Gasteiger partial charge in [-0.15, -0.1) is 0 Å². The smallest absolute Gasteiger partial charge is 0.146 e. The van der Waals surface area contributed by atoms with Crippen molar-refractivity contribution in [3.05, 3.63) is 34.9 Å². The fraction of sp³-hybridized carbons (Fsp3) is 0.300. The van der Waals surface area contributed by atoms with Crippen LogP contribution in [0.15, 0.2) is 24.3 Å². The molecular weight excluding hydrogens is 186 g/mol. The van der Waals surface area contributed by atoms with Gasteiger partial charge in [-0.2, -0.15) is 0 Å². The Balaban J connectivity index is 2.54. The zero-order valence-corrected chi connectivity index (χ0v) is 8.05. The van der Waals surface area contributed by atoms with Crippen LogP contribution in [0.3, 0.4) is 0 Å². The molecular formula is C10H12ClNO.